The van der Waals surface area contributed by atoms with Crippen LogP contribution in [0.2, 0.25) is 0 Å². The molecule has 1 heterocycles. The van der Waals surface area contributed by atoms with Gasteiger partial charge in [0, 0.05) is 6.07 Å². The zero-order valence-corrected chi connectivity index (χ0v) is 17.0. The first-order valence-electron chi connectivity index (χ1n) is 9.55. The van der Waals surface area contributed by atoms with E-state index in [0.717, 1.165) is 36.9 Å². The highest BCUT2D eigenvalue weighted by Crippen LogP contribution is 2.21. The molecule has 0 saturated carbocycles. The summed E-state index contributed by atoms with van der Waals surface area (Å²) >= 11 is 0. The van der Waals surface area contributed by atoms with Gasteiger partial charge in [-0.2, -0.15) is 0 Å². The Labute approximate surface area is 166 Å². The van der Waals surface area contributed by atoms with E-state index in [1.165, 1.54) is 6.07 Å². The summed E-state index contributed by atoms with van der Waals surface area (Å²) in [6.45, 7) is 5.45. The number of pyridine rings is 1. The number of hydrogen-bond acceptors (Lipinski definition) is 4. The lowest BCUT2D eigenvalue weighted by molar-refractivity contribution is 0.0635. The number of aromatic nitrogens is 1. The van der Waals surface area contributed by atoms with Crippen molar-refractivity contribution in [3.63, 3.8) is 0 Å². The van der Waals surface area contributed by atoms with Gasteiger partial charge in [-0.1, -0.05) is 18.6 Å². The molecule has 0 atom stereocenters. The number of benzene rings is 1. The minimum atomic E-state index is -0.568. The number of methoxy groups -OCH3 is 1. The summed E-state index contributed by atoms with van der Waals surface area (Å²) in [5.74, 6) is 0.306. The van der Waals surface area contributed by atoms with Crippen molar-refractivity contribution >= 4 is 11.8 Å². The van der Waals surface area contributed by atoms with Crippen LogP contribution in [0.15, 0.2) is 36.4 Å². The Hall–Kier alpha value is -2.63. The first kappa shape index (κ1) is 21.7. The Morgan fingerprint density at radius 2 is 1.86 bits per heavy atom. The van der Waals surface area contributed by atoms with Crippen LogP contribution >= 0.6 is 0 Å². The molecule has 0 aliphatic carbocycles. The maximum absolute atomic E-state index is 13.2. The molecule has 1 amide bonds. The molecule has 0 bridgehead atoms. The van der Waals surface area contributed by atoms with E-state index in [2.05, 4.69) is 10.3 Å². The Bertz CT molecular complexity index is 788. The number of carbonyl (C=O) groups is 1. The first-order chi connectivity index (χ1) is 13.3. The lowest BCUT2D eigenvalue weighted by Gasteiger charge is -2.20. The molecule has 0 saturated heterocycles. The van der Waals surface area contributed by atoms with Crippen molar-refractivity contribution < 1.29 is 18.7 Å². The molecule has 6 heteroatoms. The van der Waals surface area contributed by atoms with Gasteiger partial charge in [0.25, 0.3) is 0 Å². The second kappa shape index (κ2) is 10.1. The molecule has 28 heavy (non-hydrogen) atoms. The summed E-state index contributed by atoms with van der Waals surface area (Å²) in [6, 6.07) is 10.2. The Kier molecular flexibility index (Phi) is 7.79. The van der Waals surface area contributed by atoms with Crippen LogP contribution in [0.25, 0.3) is 0 Å². The Morgan fingerprint density at radius 1 is 1.11 bits per heavy atom. The van der Waals surface area contributed by atoms with E-state index in [1.54, 1.807) is 31.4 Å². The van der Waals surface area contributed by atoms with Crippen molar-refractivity contribution in [3.05, 3.63) is 53.5 Å². The molecular weight excluding hydrogens is 359 g/mol. The largest absolute Gasteiger partial charge is 0.481 e. The molecule has 0 spiro atoms. The summed E-state index contributed by atoms with van der Waals surface area (Å²) in [6.07, 6.45) is 3.87. The van der Waals surface area contributed by atoms with E-state index in [-0.39, 0.29) is 5.82 Å². The maximum atomic E-state index is 13.2. The van der Waals surface area contributed by atoms with Gasteiger partial charge < -0.3 is 9.47 Å². The molecular formula is C22H29FN2O3. The van der Waals surface area contributed by atoms with Crippen LogP contribution in [-0.2, 0) is 17.6 Å². The molecule has 5 nitrogen and oxygen atoms in total. The topological polar surface area (TPSA) is 60.5 Å². The fourth-order valence-electron chi connectivity index (χ4n) is 2.80. The molecule has 1 aromatic carbocycles. The molecule has 0 unspecified atom stereocenters. The SMILES string of the molecule is COc1ccc(NC(=O)OC(C)(C)C)c(CCCCCc2cccc(F)c2)n1. The summed E-state index contributed by atoms with van der Waals surface area (Å²) in [4.78, 5) is 16.5. The van der Waals surface area contributed by atoms with Crippen LogP contribution in [0.5, 0.6) is 5.88 Å². The molecule has 2 aromatic rings. The number of amides is 1. The van der Waals surface area contributed by atoms with Gasteiger partial charge >= 0.3 is 6.09 Å². The van der Waals surface area contributed by atoms with Crippen molar-refractivity contribution in [2.75, 3.05) is 12.4 Å². The number of rotatable bonds is 8. The van der Waals surface area contributed by atoms with E-state index in [1.807, 2.05) is 26.8 Å². The van der Waals surface area contributed by atoms with Gasteiger partial charge in [0.1, 0.15) is 11.4 Å². The van der Waals surface area contributed by atoms with Gasteiger partial charge in [0.2, 0.25) is 5.88 Å². The number of halogens is 1. The van der Waals surface area contributed by atoms with Crippen molar-refractivity contribution in [2.45, 2.75) is 58.5 Å². The molecule has 0 fully saturated rings. The van der Waals surface area contributed by atoms with Gasteiger partial charge in [-0.15, -0.1) is 0 Å². The zero-order valence-electron chi connectivity index (χ0n) is 17.0. The van der Waals surface area contributed by atoms with Crippen LogP contribution in [0.4, 0.5) is 14.9 Å². The molecule has 0 radical (unpaired) electrons. The third-order valence-electron chi connectivity index (χ3n) is 4.06. The van der Waals surface area contributed by atoms with E-state index in [9.17, 15) is 9.18 Å². The molecule has 1 aromatic heterocycles. The number of ether oxygens (including phenoxy) is 2. The summed E-state index contributed by atoms with van der Waals surface area (Å²) < 4.78 is 23.7. The maximum Gasteiger partial charge on any atom is 0.412 e. The lowest BCUT2D eigenvalue weighted by Crippen LogP contribution is -2.27. The number of hydrogen-bond donors (Lipinski definition) is 1. The predicted molar refractivity (Wildman–Crippen MR) is 108 cm³/mol. The Balaban J connectivity index is 1.90. The van der Waals surface area contributed by atoms with E-state index >= 15 is 0 Å². The monoisotopic (exact) mass is 388 g/mol. The average molecular weight is 388 g/mol. The van der Waals surface area contributed by atoms with E-state index in [0.29, 0.717) is 18.0 Å². The van der Waals surface area contributed by atoms with Crippen LogP contribution in [0, 0.1) is 5.82 Å². The van der Waals surface area contributed by atoms with Crippen LogP contribution in [0.3, 0.4) is 0 Å². The quantitative estimate of drug-likeness (QED) is 0.604. The van der Waals surface area contributed by atoms with Gasteiger partial charge in [-0.25, -0.2) is 14.2 Å². The third kappa shape index (κ3) is 7.55. The number of aryl methyl sites for hydroxylation is 2. The van der Waals surface area contributed by atoms with Gasteiger partial charge in [-0.05, 0) is 70.2 Å². The van der Waals surface area contributed by atoms with Crippen LogP contribution in [-0.4, -0.2) is 23.8 Å². The Morgan fingerprint density at radius 3 is 2.54 bits per heavy atom. The van der Waals surface area contributed by atoms with Crippen LogP contribution in [0.1, 0.15) is 51.3 Å². The highest BCUT2D eigenvalue weighted by Gasteiger charge is 2.18. The fourth-order valence-corrected chi connectivity index (χ4v) is 2.80. The third-order valence-corrected chi connectivity index (χ3v) is 4.06. The summed E-state index contributed by atoms with van der Waals surface area (Å²) in [7, 11) is 1.56. The summed E-state index contributed by atoms with van der Waals surface area (Å²) in [5, 5.41) is 2.77. The normalized spacial score (nSPS) is 11.2. The second-order valence-corrected chi connectivity index (χ2v) is 7.67. The fraction of sp³-hybridized carbons (Fsp3) is 0.455. The number of unbranched alkanes of at least 4 members (excludes halogenated alkanes) is 2. The van der Waals surface area contributed by atoms with Crippen molar-refractivity contribution in [1.29, 1.82) is 0 Å². The van der Waals surface area contributed by atoms with Gasteiger partial charge in [-0.3, -0.25) is 5.32 Å². The lowest BCUT2D eigenvalue weighted by atomic mass is 10.0. The predicted octanol–water partition coefficient (Wildman–Crippen LogP) is 5.53. The van der Waals surface area contributed by atoms with Crippen molar-refractivity contribution in [1.82, 2.24) is 4.98 Å². The molecule has 1 N–H and O–H groups in total. The smallest absolute Gasteiger partial charge is 0.412 e. The number of nitrogens with zero attached hydrogens (tertiary/aromatic N) is 1. The molecule has 2 rings (SSSR count). The first-order valence-corrected chi connectivity index (χ1v) is 9.55. The highest BCUT2D eigenvalue weighted by molar-refractivity contribution is 5.85. The number of anilines is 1. The minimum absolute atomic E-state index is 0.198. The highest BCUT2D eigenvalue weighted by atomic mass is 19.1. The van der Waals surface area contributed by atoms with Gasteiger partial charge in [0.05, 0.1) is 18.5 Å². The van der Waals surface area contributed by atoms with E-state index in [4.69, 9.17) is 9.47 Å². The van der Waals surface area contributed by atoms with Crippen LogP contribution < -0.4 is 10.1 Å². The summed E-state index contributed by atoms with van der Waals surface area (Å²) in [5.41, 5.74) is 1.82. The minimum Gasteiger partial charge on any atom is -0.481 e. The van der Waals surface area contributed by atoms with E-state index < -0.39 is 11.7 Å². The molecule has 0 aliphatic rings. The average Bonchev–Trinajstić information content (AvgIpc) is 2.61. The van der Waals surface area contributed by atoms with Crippen molar-refractivity contribution in [2.24, 2.45) is 0 Å². The van der Waals surface area contributed by atoms with Crippen molar-refractivity contribution in [3.8, 4) is 5.88 Å². The number of nitrogens with one attached hydrogen (secondary N) is 1. The van der Waals surface area contributed by atoms with Gasteiger partial charge in [0.15, 0.2) is 0 Å². The number of carbonyl (C=O) groups excluding carboxylic acids is 1. The molecule has 152 valence electrons. The molecule has 0 aliphatic heterocycles. The zero-order chi connectivity index (χ0) is 20.6. The standard InChI is InChI=1S/C22H29FN2O3/c1-22(2,3)28-21(26)25-19-13-14-20(27-4)24-18(19)12-7-5-6-9-16-10-8-11-17(23)15-16/h8,10-11,13-15H,5-7,9,12H2,1-4H3,(H,25,26). The second-order valence-electron chi connectivity index (χ2n) is 7.67.